The van der Waals surface area contributed by atoms with E-state index in [4.69, 9.17) is 9.52 Å². The van der Waals surface area contributed by atoms with E-state index in [9.17, 15) is 9.59 Å². The van der Waals surface area contributed by atoms with Gasteiger partial charge in [0.1, 0.15) is 5.54 Å². The minimum absolute atomic E-state index is 0.183. The van der Waals surface area contributed by atoms with Gasteiger partial charge < -0.3 is 14.8 Å². The van der Waals surface area contributed by atoms with Crippen LogP contribution in [0.25, 0.3) is 0 Å². The Bertz CT molecular complexity index is 417. The van der Waals surface area contributed by atoms with Crippen LogP contribution in [0.1, 0.15) is 29.0 Å². The highest BCUT2D eigenvalue weighted by Crippen LogP contribution is 2.35. The van der Waals surface area contributed by atoms with Crippen molar-refractivity contribution < 1.29 is 19.1 Å². The smallest absolute Gasteiger partial charge is 0.329 e. The minimum atomic E-state index is -1.06. The predicted molar refractivity (Wildman–Crippen MR) is 50.5 cm³/mol. The molecule has 1 aromatic heterocycles. The first kappa shape index (κ1) is 9.76. The fourth-order valence-electron chi connectivity index (χ4n) is 1.40. The second-order valence-corrected chi connectivity index (χ2v) is 3.77. The van der Waals surface area contributed by atoms with E-state index >= 15 is 0 Å². The van der Waals surface area contributed by atoms with Crippen molar-refractivity contribution in [1.29, 1.82) is 0 Å². The molecular weight excluding hydrogens is 198 g/mol. The number of aliphatic carboxylic acids is 1. The van der Waals surface area contributed by atoms with Crippen LogP contribution >= 0.6 is 0 Å². The predicted octanol–water partition coefficient (Wildman–Crippen LogP) is 0.935. The van der Waals surface area contributed by atoms with Crippen LogP contribution in [0.3, 0.4) is 0 Å². The summed E-state index contributed by atoms with van der Waals surface area (Å²) < 4.78 is 4.97. The molecule has 2 N–H and O–H groups in total. The van der Waals surface area contributed by atoms with E-state index in [0.29, 0.717) is 18.4 Å². The normalized spacial score (nSPS) is 17.1. The number of rotatable bonds is 3. The third-order valence-electron chi connectivity index (χ3n) is 2.58. The largest absolute Gasteiger partial charge is 0.480 e. The summed E-state index contributed by atoms with van der Waals surface area (Å²) in [5.41, 5.74) is -0.357. The van der Waals surface area contributed by atoms with Crippen LogP contribution < -0.4 is 5.32 Å². The van der Waals surface area contributed by atoms with Crippen LogP contribution in [0, 0.1) is 6.92 Å². The topological polar surface area (TPSA) is 79.5 Å². The van der Waals surface area contributed by atoms with Gasteiger partial charge in [0.25, 0.3) is 5.91 Å². The molecule has 1 amide bonds. The average molecular weight is 209 g/mol. The van der Waals surface area contributed by atoms with Crippen molar-refractivity contribution >= 4 is 11.9 Å². The van der Waals surface area contributed by atoms with E-state index in [1.54, 1.807) is 13.0 Å². The van der Waals surface area contributed by atoms with Gasteiger partial charge in [-0.1, -0.05) is 0 Å². The summed E-state index contributed by atoms with van der Waals surface area (Å²) in [6, 6.07) is 1.66. The maximum atomic E-state index is 11.6. The molecule has 15 heavy (non-hydrogen) atoms. The number of nitrogens with one attached hydrogen (secondary N) is 1. The lowest BCUT2D eigenvalue weighted by Crippen LogP contribution is -2.43. The molecule has 1 saturated carbocycles. The van der Waals surface area contributed by atoms with Gasteiger partial charge in [0, 0.05) is 5.56 Å². The lowest BCUT2D eigenvalue weighted by molar-refractivity contribution is -0.140. The Hall–Kier alpha value is -1.78. The summed E-state index contributed by atoms with van der Waals surface area (Å²) in [4.78, 5) is 22.4. The molecule has 0 radical (unpaired) electrons. The third-order valence-corrected chi connectivity index (χ3v) is 2.58. The van der Waals surface area contributed by atoms with E-state index in [-0.39, 0.29) is 5.76 Å². The van der Waals surface area contributed by atoms with Crippen molar-refractivity contribution in [2.45, 2.75) is 25.3 Å². The molecule has 0 saturated heterocycles. The summed E-state index contributed by atoms with van der Waals surface area (Å²) >= 11 is 0. The second-order valence-electron chi connectivity index (χ2n) is 3.77. The molecule has 0 bridgehead atoms. The van der Waals surface area contributed by atoms with Crippen molar-refractivity contribution in [2.24, 2.45) is 0 Å². The molecule has 1 fully saturated rings. The van der Waals surface area contributed by atoms with E-state index in [1.165, 1.54) is 6.26 Å². The molecule has 1 aromatic rings. The van der Waals surface area contributed by atoms with E-state index in [1.807, 2.05) is 0 Å². The third kappa shape index (κ3) is 1.60. The van der Waals surface area contributed by atoms with Crippen LogP contribution in [0.5, 0.6) is 0 Å². The first-order chi connectivity index (χ1) is 7.05. The van der Waals surface area contributed by atoms with Crippen molar-refractivity contribution in [1.82, 2.24) is 5.32 Å². The van der Waals surface area contributed by atoms with Crippen LogP contribution in [0.4, 0.5) is 0 Å². The van der Waals surface area contributed by atoms with Gasteiger partial charge in [-0.3, -0.25) is 4.79 Å². The average Bonchev–Trinajstić information content (AvgIpc) is 2.82. The van der Waals surface area contributed by atoms with Crippen molar-refractivity contribution in [2.75, 3.05) is 0 Å². The number of carbonyl (C=O) groups is 2. The molecule has 0 unspecified atom stereocenters. The minimum Gasteiger partial charge on any atom is -0.480 e. The number of hydrogen-bond donors (Lipinski definition) is 2. The fourth-order valence-corrected chi connectivity index (χ4v) is 1.40. The quantitative estimate of drug-likeness (QED) is 0.776. The van der Waals surface area contributed by atoms with E-state index in [0.717, 1.165) is 0 Å². The van der Waals surface area contributed by atoms with Gasteiger partial charge in [-0.25, -0.2) is 4.79 Å². The van der Waals surface area contributed by atoms with Gasteiger partial charge in [0.05, 0.1) is 6.26 Å². The van der Waals surface area contributed by atoms with Gasteiger partial charge in [0.2, 0.25) is 0 Å². The molecule has 0 spiro atoms. The first-order valence-corrected chi connectivity index (χ1v) is 4.65. The lowest BCUT2D eigenvalue weighted by atomic mass is 10.2. The molecule has 5 heteroatoms. The number of hydrogen-bond acceptors (Lipinski definition) is 3. The van der Waals surface area contributed by atoms with Crippen molar-refractivity contribution in [3.05, 3.63) is 23.7 Å². The maximum Gasteiger partial charge on any atom is 0.329 e. The lowest BCUT2D eigenvalue weighted by Gasteiger charge is -2.10. The summed E-state index contributed by atoms with van der Waals surface area (Å²) in [5, 5.41) is 11.4. The number of amides is 1. The SMILES string of the molecule is Cc1ccoc1C(=O)NC1(C(=O)O)CC1. The highest BCUT2D eigenvalue weighted by atomic mass is 16.4. The molecule has 1 aliphatic carbocycles. The van der Waals surface area contributed by atoms with Crippen LogP contribution in [-0.4, -0.2) is 22.5 Å². The number of furan rings is 1. The Morgan fingerprint density at radius 1 is 1.53 bits per heavy atom. The highest BCUT2D eigenvalue weighted by Gasteiger charge is 2.52. The first-order valence-electron chi connectivity index (χ1n) is 4.65. The molecule has 0 aliphatic heterocycles. The molecule has 0 atom stereocenters. The highest BCUT2D eigenvalue weighted by molar-refractivity contribution is 5.97. The Kier molecular flexibility index (Phi) is 2.03. The van der Waals surface area contributed by atoms with Gasteiger partial charge in [0.15, 0.2) is 5.76 Å². The Morgan fingerprint density at radius 3 is 2.60 bits per heavy atom. The number of carbonyl (C=O) groups excluding carboxylic acids is 1. The molecule has 0 aromatic carbocycles. The summed E-state index contributed by atoms with van der Waals surface area (Å²) in [6.07, 6.45) is 2.37. The van der Waals surface area contributed by atoms with Crippen LogP contribution in [-0.2, 0) is 4.79 Å². The standard InChI is InChI=1S/C10H11NO4/c1-6-2-5-15-7(6)8(12)11-10(3-4-10)9(13)14/h2,5H,3-4H2,1H3,(H,11,12)(H,13,14). The van der Waals surface area contributed by atoms with Crippen LogP contribution in [0.2, 0.25) is 0 Å². The van der Waals surface area contributed by atoms with Crippen molar-refractivity contribution in [3.63, 3.8) is 0 Å². The molecule has 1 aliphatic rings. The Morgan fingerprint density at radius 2 is 2.20 bits per heavy atom. The molecule has 80 valence electrons. The summed E-state index contributed by atoms with van der Waals surface area (Å²) in [5.74, 6) is -1.26. The Balaban J connectivity index is 2.11. The fraction of sp³-hybridized carbons (Fsp3) is 0.400. The zero-order valence-electron chi connectivity index (χ0n) is 8.24. The van der Waals surface area contributed by atoms with Crippen LogP contribution in [0.15, 0.2) is 16.7 Å². The number of carboxylic acids is 1. The van der Waals surface area contributed by atoms with Gasteiger partial charge in [-0.2, -0.15) is 0 Å². The number of aryl methyl sites for hydroxylation is 1. The summed E-state index contributed by atoms with van der Waals surface area (Å²) in [6.45, 7) is 1.73. The molecular formula is C10H11NO4. The summed E-state index contributed by atoms with van der Waals surface area (Å²) in [7, 11) is 0. The van der Waals surface area contributed by atoms with Gasteiger partial charge in [-0.15, -0.1) is 0 Å². The number of carboxylic acid groups (broad SMARTS) is 1. The Labute approximate surface area is 86.1 Å². The monoisotopic (exact) mass is 209 g/mol. The zero-order chi connectivity index (χ0) is 11.1. The van der Waals surface area contributed by atoms with Crippen molar-refractivity contribution in [3.8, 4) is 0 Å². The molecule has 2 rings (SSSR count). The van der Waals surface area contributed by atoms with Gasteiger partial charge >= 0.3 is 5.97 Å². The maximum absolute atomic E-state index is 11.6. The zero-order valence-corrected chi connectivity index (χ0v) is 8.24. The van der Waals surface area contributed by atoms with E-state index < -0.39 is 17.4 Å². The van der Waals surface area contributed by atoms with E-state index in [2.05, 4.69) is 5.32 Å². The molecule has 5 nitrogen and oxygen atoms in total. The second kappa shape index (κ2) is 3.12. The molecule has 1 heterocycles. The van der Waals surface area contributed by atoms with Gasteiger partial charge in [-0.05, 0) is 25.8 Å².